The summed E-state index contributed by atoms with van der Waals surface area (Å²) in [4.78, 5) is 12.9. The van der Waals surface area contributed by atoms with E-state index in [1.54, 1.807) is 12.1 Å². The van der Waals surface area contributed by atoms with Crippen LogP contribution in [0.3, 0.4) is 0 Å². The Morgan fingerprint density at radius 3 is 2.28 bits per heavy atom. The van der Waals surface area contributed by atoms with Crippen LogP contribution >= 0.6 is 11.6 Å². The fourth-order valence-electron chi connectivity index (χ4n) is 3.41. The third-order valence-electron chi connectivity index (χ3n) is 5.09. The molecule has 1 amide bonds. The second-order valence-electron chi connectivity index (χ2n) is 8.13. The van der Waals surface area contributed by atoms with Crippen molar-refractivity contribution in [3.05, 3.63) is 94.5 Å². The van der Waals surface area contributed by atoms with Crippen LogP contribution in [0.1, 0.15) is 47.8 Å². The maximum atomic E-state index is 13.0. The van der Waals surface area contributed by atoms with E-state index >= 15 is 0 Å². The number of carbonyl (C=O) groups excluding carboxylic acids is 1. The van der Waals surface area contributed by atoms with Gasteiger partial charge < -0.3 is 5.32 Å². The molecule has 0 bridgehead atoms. The first-order valence-corrected chi connectivity index (χ1v) is 12.3. The Morgan fingerprint density at radius 2 is 1.62 bits per heavy atom. The highest BCUT2D eigenvalue weighted by Gasteiger charge is 2.23. The maximum Gasteiger partial charge on any atom is 0.263 e. The molecule has 3 aromatic carbocycles. The molecular weight excluding hydrogens is 444 g/mol. The van der Waals surface area contributed by atoms with Crippen molar-refractivity contribution in [1.29, 1.82) is 0 Å². The highest BCUT2D eigenvalue weighted by Crippen LogP contribution is 2.27. The van der Waals surface area contributed by atoms with E-state index in [2.05, 4.69) is 23.9 Å². The minimum atomic E-state index is -3.98. The standard InChI is InChI=1S/C25H27ClN2O3S/c1-17(2)15-23(19-10-5-4-6-11-19)27-25(29)20-13-14-21(26)24(16-20)32(30,31)28-22-12-8-7-9-18(22)3/h4-14,16-17,23,28H,15H2,1-3H3,(H,27,29)/t23-/m0/s1. The Hall–Kier alpha value is -2.83. The van der Waals surface area contributed by atoms with Gasteiger partial charge in [0.2, 0.25) is 0 Å². The van der Waals surface area contributed by atoms with Crippen LogP contribution in [0.2, 0.25) is 5.02 Å². The highest BCUT2D eigenvalue weighted by atomic mass is 35.5. The van der Waals surface area contributed by atoms with Crippen LogP contribution in [0.4, 0.5) is 5.69 Å². The minimum absolute atomic E-state index is 0.0458. The summed E-state index contributed by atoms with van der Waals surface area (Å²) < 4.78 is 28.6. The second kappa shape index (κ2) is 10.2. The van der Waals surface area contributed by atoms with E-state index in [9.17, 15) is 13.2 Å². The first-order chi connectivity index (χ1) is 15.2. The third kappa shape index (κ3) is 5.90. The van der Waals surface area contributed by atoms with Crippen molar-refractivity contribution >= 4 is 33.2 Å². The molecular formula is C25H27ClN2O3S. The Bertz CT molecular complexity index is 1190. The molecule has 3 aromatic rings. The smallest absolute Gasteiger partial charge is 0.263 e. The van der Waals surface area contributed by atoms with Gasteiger partial charge in [-0.2, -0.15) is 0 Å². The van der Waals surface area contributed by atoms with Crippen LogP contribution in [0.15, 0.2) is 77.7 Å². The predicted octanol–water partition coefficient (Wildman–Crippen LogP) is 5.97. The fraction of sp³-hybridized carbons (Fsp3) is 0.240. The SMILES string of the molecule is Cc1ccccc1NS(=O)(=O)c1cc(C(=O)N[C@@H](CC(C)C)c2ccccc2)ccc1Cl. The third-order valence-corrected chi connectivity index (χ3v) is 6.93. The lowest BCUT2D eigenvalue weighted by Gasteiger charge is -2.21. The van der Waals surface area contributed by atoms with Crippen molar-refractivity contribution < 1.29 is 13.2 Å². The molecule has 0 aromatic heterocycles. The molecule has 5 nitrogen and oxygen atoms in total. The number of aryl methyl sites for hydroxylation is 1. The summed E-state index contributed by atoms with van der Waals surface area (Å²) in [7, 11) is -3.98. The van der Waals surface area contributed by atoms with Crippen molar-refractivity contribution in [3.8, 4) is 0 Å². The van der Waals surface area contributed by atoms with E-state index in [4.69, 9.17) is 11.6 Å². The van der Waals surface area contributed by atoms with E-state index in [1.807, 2.05) is 49.4 Å². The molecule has 1 atom stereocenters. The zero-order chi connectivity index (χ0) is 23.3. The lowest BCUT2D eigenvalue weighted by molar-refractivity contribution is 0.0931. The molecule has 0 aliphatic heterocycles. The number of hydrogen-bond acceptors (Lipinski definition) is 3. The number of para-hydroxylation sites is 1. The van der Waals surface area contributed by atoms with Crippen molar-refractivity contribution in [2.24, 2.45) is 5.92 Å². The van der Waals surface area contributed by atoms with Crippen molar-refractivity contribution in [2.45, 2.75) is 38.1 Å². The van der Waals surface area contributed by atoms with Gasteiger partial charge in [-0.25, -0.2) is 8.42 Å². The Labute approximate surface area is 194 Å². The predicted molar refractivity (Wildman–Crippen MR) is 130 cm³/mol. The van der Waals surface area contributed by atoms with Crippen LogP contribution in [0.5, 0.6) is 0 Å². The number of benzene rings is 3. The number of nitrogens with one attached hydrogen (secondary N) is 2. The summed E-state index contributed by atoms with van der Waals surface area (Å²) in [6.07, 6.45) is 0.753. The Morgan fingerprint density at radius 1 is 0.969 bits per heavy atom. The zero-order valence-electron chi connectivity index (χ0n) is 18.3. The van der Waals surface area contributed by atoms with Gasteiger partial charge in [-0.3, -0.25) is 9.52 Å². The highest BCUT2D eigenvalue weighted by molar-refractivity contribution is 7.92. The van der Waals surface area contributed by atoms with Gasteiger partial charge in [-0.15, -0.1) is 0 Å². The van der Waals surface area contributed by atoms with Gasteiger partial charge in [0.1, 0.15) is 4.90 Å². The molecule has 3 rings (SSSR count). The number of amides is 1. The number of rotatable bonds is 8. The van der Waals surface area contributed by atoms with Gasteiger partial charge in [-0.1, -0.05) is 74.0 Å². The lowest BCUT2D eigenvalue weighted by Crippen LogP contribution is -2.29. The molecule has 0 spiro atoms. The molecule has 0 saturated heterocycles. The van der Waals surface area contributed by atoms with Crippen LogP contribution in [-0.2, 0) is 10.0 Å². The van der Waals surface area contributed by atoms with Gasteiger partial charge in [0.25, 0.3) is 15.9 Å². The van der Waals surface area contributed by atoms with Gasteiger partial charge in [0.15, 0.2) is 0 Å². The van der Waals surface area contributed by atoms with Crippen molar-refractivity contribution in [2.75, 3.05) is 4.72 Å². The fourth-order valence-corrected chi connectivity index (χ4v) is 5.07. The van der Waals surface area contributed by atoms with Crippen LogP contribution < -0.4 is 10.0 Å². The minimum Gasteiger partial charge on any atom is -0.345 e. The first kappa shape index (κ1) is 23.8. The van der Waals surface area contributed by atoms with E-state index in [-0.39, 0.29) is 27.4 Å². The quantitative estimate of drug-likeness (QED) is 0.426. The van der Waals surface area contributed by atoms with E-state index in [0.717, 1.165) is 17.5 Å². The van der Waals surface area contributed by atoms with E-state index < -0.39 is 10.0 Å². The Kier molecular flexibility index (Phi) is 7.59. The maximum absolute atomic E-state index is 13.0. The summed E-state index contributed by atoms with van der Waals surface area (Å²) in [5.41, 5.74) is 2.46. The Balaban J connectivity index is 1.88. The first-order valence-electron chi connectivity index (χ1n) is 10.4. The van der Waals surface area contributed by atoms with Crippen molar-refractivity contribution in [1.82, 2.24) is 5.32 Å². The molecule has 0 saturated carbocycles. The normalized spacial score (nSPS) is 12.4. The average Bonchev–Trinajstić information content (AvgIpc) is 2.75. The summed E-state index contributed by atoms with van der Waals surface area (Å²) >= 11 is 6.21. The van der Waals surface area contributed by atoms with E-state index in [1.165, 1.54) is 18.2 Å². The summed E-state index contributed by atoms with van der Waals surface area (Å²) in [6, 6.07) is 20.9. The largest absolute Gasteiger partial charge is 0.345 e. The topological polar surface area (TPSA) is 75.3 Å². The molecule has 0 radical (unpaired) electrons. The van der Waals surface area contributed by atoms with Crippen LogP contribution in [-0.4, -0.2) is 14.3 Å². The van der Waals surface area contributed by atoms with Gasteiger partial charge in [0, 0.05) is 5.56 Å². The summed E-state index contributed by atoms with van der Waals surface area (Å²) in [6.45, 7) is 5.99. The van der Waals surface area contributed by atoms with Gasteiger partial charge in [0.05, 0.1) is 16.8 Å². The van der Waals surface area contributed by atoms with Gasteiger partial charge in [-0.05, 0) is 54.7 Å². The van der Waals surface area contributed by atoms with Gasteiger partial charge >= 0.3 is 0 Å². The van der Waals surface area contributed by atoms with E-state index in [0.29, 0.717) is 11.6 Å². The number of sulfonamides is 1. The van der Waals surface area contributed by atoms with Crippen LogP contribution in [0, 0.1) is 12.8 Å². The molecule has 0 aliphatic rings. The lowest BCUT2D eigenvalue weighted by atomic mass is 9.96. The molecule has 0 aliphatic carbocycles. The van der Waals surface area contributed by atoms with Crippen LogP contribution in [0.25, 0.3) is 0 Å². The monoisotopic (exact) mass is 470 g/mol. The number of carbonyl (C=O) groups is 1. The molecule has 0 heterocycles. The molecule has 2 N–H and O–H groups in total. The molecule has 0 fully saturated rings. The number of hydrogen-bond donors (Lipinski definition) is 2. The molecule has 32 heavy (non-hydrogen) atoms. The number of anilines is 1. The summed E-state index contributed by atoms with van der Waals surface area (Å²) in [5.74, 6) is 0.00323. The molecule has 7 heteroatoms. The molecule has 168 valence electrons. The summed E-state index contributed by atoms with van der Waals surface area (Å²) in [5, 5.41) is 3.09. The average molecular weight is 471 g/mol. The number of halogens is 1. The second-order valence-corrected chi connectivity index (χ2v) is 10.2. The van der Waals surface area contributed by atoms with Crippen molar-refractivity contribution in [3.63, 3.8) is 0 Å². The molecule has 0 unspecified atom stereocenters. The zero-order valence-corrected chi connectivity index (χ0v) is 19.9.